The molecule has 0 aliphatic heterocycles. The van der Waals surface area contributed by atoms with Gasteiger partial charge >= 0.3 is 5.97 Å². The standard InChI is InChI=1S/C26H26ClNO5S/c1-4-33-26(30)22(16-10-12-19(31-2)20(14-16)32-3)15-9-11-17(13-15)28-25(29)24-23(27)18-7-5-6-8-21(18)34-24/h5-12,14-15,17,22H,4,13H2,1-3H3,(H,28,29)/t15-,17-,22+/m1/s1. The highest BCUT2D eigenvalue weighted by Gasteiger charge is 2.35. The zero-order chi connectivity index (χ0) is 24.2. The summed E-state index contributed by atoms with van der Waals surface area (Å²) in [7, 11) is 3.12. The van der Waals surface area contributed by atoms with Gasteiger partial charge in [-0.3, -0.25) is 9.59 Å². The van der Waals surface area contributed by atoms with E-state index in [0.29, 0.717) is 27.8 Å². The second-order valence-electron chi connectivity index (χ2n) is 7.95. The first-order chi connectivity index (χ1) is 16.5. The summed E-state index contributed by atoms with van der Waals surface area (Å²) >= 11 is 7.84. The average Bonchev–Trinajstić information content (AvgIpc) is 3.43. The highest BCUT2D eigenvalue weighted by atomic mass is 35.5. The smallest absolute Gasteiger partial charge is 0.314 e. The Balaban J connectivity index is 1.53. The first-order valence-corrected chi connectivity index (χ1v) is 12.2. The number of hydrogen-bond donors (Lipinski definition) is 1. The number of esters is 1. The molecule has 1 aliphatic rings. The average molecular weight is 500 g/mol. The van der Waals surface area contributed by atoms with Gasteiger partial charge in [-0.05, 0) is 43.0 Å². The lowest BCUT2D eigenvalue weighted by Crippen LogP contribution is -2.33. The minimum absolute atomic E-state index is 0.152. The first kappa shape index (κ1) is 24.1. The Bertz CT molecular complexity index is 1240. The van der Waals surface area contributed by atoms with Gasteiger partial charge in [0.25, 0.3) is 5.91 Å². The van der Waals surface area contributed by atoms with Crippen LogP contribution in [-0.4, -0.2) is 38.7 Å². The van der Waals surface area contributed by atoms with Crippen LogP contribution in [0.5, 0.6) is 11.5 Å². The van der Waals surface area contributed by atoms with Crippen molar-refractivity contribution in [1.29, 1.82) is 0 Å². The molecule has 0 radical (unpaired) electrons. The van der Waals surface area contributed by atoms with Crippen LogP contribution in [0.4, 0.5) is 0 Å². The van der Waals surface area contributed by atoms with Gasteiger partial charge in [-0.25, -0.2) is 0 Å². The molecule has 34 heavy (non-hydrogen) atoms. The second-order valence-corrected chi connectivity index (χ2v) is 9.38. The molecule has 0 fully saturated rings. The maximum atomic E-state index is 13.0. The van der Waals surface area contributed by atoms with Crippen molar-refractivity contribution in [1.82, 2.24) is 5.32 Å². The fourth-order valence-corrected chi connectivity index (χ4v) is 5.73. The Morgan fingerprint density at radius 3 is 2.59 bits per heavy atom. The van der Waals surface area contributed by atoms with E-state index in [-0.39, 0.29) is 30.4 Å². The fourth-order valence-electron chi connectivity index (χ4n) is 4.31. The van der Waals surface area contributed by atoms with Gasteiger partial charge in [-0.1, -0.05) is 48.0 Å². The monoisotopic (exact) mass is 499 g/mol. The molecule has 0 saturated carbocycles. The van der Waals surface area contributed by atoms with E-state index < -0.39 is 5.92 Å². The summed E-state index contributed by atoms with van der Waals surface area (Å²) < 4.78 is 17.1. The normalized spacial score (nSPS) is 18.0. The van der Waals surface area contributed by atoms with Crippen LogP contribution < -0.4 is 14.8 Å². The second kappa shape index (κ2) is 10.5. The summed E-state index contributed by atoms with van der Waals surface area (Å²) in [5.74, 6) is -0.0999. The number of benzene rings is 2. The topological polar surface area (TPSA) is 73.9 Å². The molecule has 1 heterocycles. The van der Waals surface area contributed by atoms with Crippen LogP contribution in [-0.2, 0) is 9.53 Å². The Hall–Kier alpha value is -3.03. The molecule has 3 atom stereocenters. The molecule has 1 aromatic heterocycles. The quantitative estimate of drug-likeness (QED) is 0.323. The molecule has 1 N–H and O–H groups in total. The molecule has 8 heteroatoms. The van der Waals surface area contributed by atoms with Crippen molar-refractivity contribution in [3.05, 3.63) is 70.1 Å². The number of rotatable bonds is 8. The Kier molecular flexibility index (Phi) is 7.44. The van der Waals surface area contributed by atoms with Gasteiger partial charge in [0.05, 0.1) is 31.8 Å². The molecular formula is C26H26ClNO5S. The van der Waals surface area contributed by atoms with E-state index in [0.717, 1.165) is 15.6 Å². The van der Waals surface area contributed by atoms with Crippen molar-refractivity contribution in [3.8, 4) is 11.5 Å². The van der Waals surface area contributed by atoms with Crippen molar-refractivity contribution in [2.45, 2.75) is 25.3 Å². The van der Waals surface area contributed by atoms with Crippen molar-refractivity contribution in [2.24, 2.45) is 5.92 Å². The number of methoxy groups -OCH3 is 2. The summed E-state index contributed by atoms with van der Waals surface area (Å²) in [5, 5.41) is 4.38. The highest BCUT2D eigenvalue weighted by Crippen LogP contribution is 2.39. The lowest BCUT2D eigenvalue weighted by molar-refractivity contribution is -0.146. The Morgan fingerprint density at radius 2 is 1.88 bits per heavy atom. The van der Waals surface area contributed by atoms with E-state index in [4.69, 9.17) is 25.8 Å². The summed E-state index contributed by atoms with van der Waals surface area (Å²) in [5.41, 5.74) is 0.769. The summed E-state index contributed by atoms with van der Waals surface area (Å²) in [6.07, 6.45) is 4.46. The number of halogens is 1. The molecule has 1 amide bonds. The highest BCUT2D eigenvalue weighted by molar-refractivity contribution is 7.21. The number of carbonyl (C=O) groups excluding carboxylic acids is 2. The Labute approximate surface area is 207 Å². The molecule has 2 aromatic carbocycles. The third kappa shape index (κ3) is 4.76. The van der Waals surface area contributed by atoms with Gasteiger partial charge in [0.1, 0.15) is 4.88 Å². The van der Waals surface area contributed by atoms with Gasteiger partial charge in [0, 0.05) is 16.1 Å². The SMILES string of the molecule is CCOC(=O)[C@H](c1ccc(OC)c(OC)c1)[C@@H]1C=C[C@@H](NC(=O)c2sc3ccccc3c2Cl)C1. The molecule has 0 spiro atoms. The lowest BCUT2D eigenvalue weighted by Gasteiger charge is -2.23. The molecule has 1 aliphatic carbocycles. The zero-order valence-electron chi connectivity index (χ0n) is 19.2. The molecule has 0 unspecified atom stereocenters. The van der Waals surface area contributed by atoms with Gasteiger partial charge < -0.3 is 19.5 Å². The minimum Gasteiger partial charge on any atom is -0.493 e. The number of carbonyl (C=O) groups is 2. The Morgan fingerprint density at radius 1 is 1.12 bits per heavy atom. The fraction of sp³-hybridized carbons (Fsp3) is 0.308. The number of allylic oxidation sites excluding steroid dienone is 1. The number of nitrogens with one attached hydrogen (secondary N) is 1. The summed E-state index contributed by atoms with van der Waals surface area (Å²) in [4.78, 5) is 26.4. The van der Waals surface area contributed by atoms with Crippen LogP contribution in [0, 0.1) is 5.92 Å². The van der Waals surface area contributed by atoms with E-state index >= 15 is 0 Å². The van der Waals surface area contributed by atoms with Crippen LogP contribution in [0.2, 0.25) is 5.02 Å². The molecule has 3 aromatic rings. The first-order valence-electron chi connectivity index (χ1n) is 11.0. The van der Waals surface area contributed by atoms with Crippen LogP contribution in [0.25, 0.3) is 10.1 Å². The third-order valence-corrected chi connectivity index (χ3v) is 7.58. The van der Waals surface area contributed by atoms with Gasteiger partial charge in [0.15, 0.2) is 11.5 Å². The van der Waals surface area contributed by atoms with E-state index in [2.05, 4.69) is 5.32 Å². The van der Waals surface area contributed by atoms with E-state index in [1.54, 1.807) is 33.3 Å². The number of amides is 1. The van der Waals surface area contributed by atoms with Crippen molar-refractivity contribution < 1.29 is 23.8 Å². The molecule has 0 saturated heterocycles. The molecular weight excluding hydrogens is 474 g/mol. The maximum Gasteiger partial charge on any atom is 0.314 e. The van der Waals surface area contributed by atoms with E-state index in [1.807, 2.05) is 42.5 Å². The summed E-state index contributed by atoms with van der Waals surface area (Å²) in [6, 6.07) is 12.9. The minimum atomic E-state index is -0.536. The van der Waals surface area contributed by atoms with Gasteiger partial charge in [-0.2, -0.15) is 0 Å². The number of hydrogen-bond acceptors (Lipinski definition) is 6. The largest absolute Gasteiger partial charge is 0.493 e. The maximum absolute atomic E-state index is 13.0. The van der Waals surface area contributed by atoms with Crippen LogP contribution >= 0.6 is 22.9 Å². The number of fused-ring (bicyclic) bond motifs is 1. The van der Waals surface area contributed by atoms with Crippen LogP contribution in [0.15, 0.2) is 54.6 Å². The van der Waals surface area contributed by atoms with Crippen molar-refractivity contribution >= 4 is 44.9 Å². The molecule has 4 rings (SSSR count). The predicted octanol–water partition coefficient (Wildman–Crippen LogP) is 5.59. The predicted molar refractivity (Wildman–Crippen MR) is 134 cm³/mol. The molecule has 0 bridgehead atoms. The van der Waals surface area contributed by atoms with Gasteiger partial charge in [0.2, 0.25) is 0 Å². The molecule has 178 valence electrons. The van der Waals surface area contributed by atoms with Crippen molar-refractivity contribution in [2.75, 3.05) is 20.8 Å². The van der Waals surface area contributed by atoms with E-state index in [1.165, 1.54) is 11.3 Å². The van der Waals surface area contributed by atoms with Crippen LogP contribution in [0.3, 0.4) is 0 Å². The lowest BCUT2D eigenvalue weighted by atomic mass is 9.85. The molecule has 6 nitrogen and oxygen atoms in total. The van der Waals surface area contributed by atoms with Crippen LogP contribution in [0.1, 0.15) is 34.5 Å². The third-order valence-electron chi connectivity index (χ3n) is 5.91. The van der Waals surface area contributed by atoms with Crippen molar-refractivity contribution in [3.63, 3.8) is 0 Å². The zero-order valence-corrected chi connectivity index (χ0v) is 20.7. The summed E-state index contributed by atoms with van der Waals surface area (Å²) in [6.45, 7) is 2.06. The van der Waals surface area contributed by atoms with E-state index in [9.17, 15) is 9.59 Å². The number of thiophene rings is 1. The number of ether oxygens (including phenoxy) is 3. The van der Waals surface area contributed by atoms with Gasteiger partial charge in [-0.15, -0.1) is 11.3 Å².